The zero-order valence-electron chi connectivity index (χ0n) is 16.1. The molecule has 2 N–H and O–H groups in total. The lowest BCUT2D eigenvalue weighted by Crippen LogP contribution is -1.95. The van der Waals surface area contributed by atoms with E-state index in [0.29, 0.717) is 18.6 Å². The van der Waals surface area contributed by atoms with Crippen LogP contribution in [-0.2, 0) is 17.8 Å². The minimum Gasteiger partial charge on any atom is -0.489 e. The van der Waals surface area contributed by atoms with Crippen LogP contribution >= 0.6 is 0 Å². The number of aliphatic carboxylic acids is 1. The molecule has 0 aliphatic carbocycles. The van der Waals surface area contributed by atoms with Gasteiger partial charge in [-0.2, -0.15) is 0 Å². The number of H-pyrrole nitrogens is 1. The Morgan fingerprint density at radius 3 is 2.67 bits per heavy atom. The molecule has 0 bridgehead atoms. The van der Waals surface area contributed by atoms with Crippen LogP contribution in [0.5, 0.6) is 5.75 Å². The Balaban J connectivity index is 1.60. The van der Waals surface area contributed by atoms with Crippen LogP contribution in [0.1, 0.15) is 22.3 Å². The maximum Gasteiger partial charge on any atom is 0.328 e. The van der Waals surface area contributed by atoms with Gasteiger partial charge in [-0.05, 0) is 58.7 Å². The van der Waals surface area contributed by atoms with E-state index in [9.17, 15) is 9.18 Å². The zero-order chi connectivity index (χ0) is 20.9. The van der Waals surface area contributed by atoms with Crippen LogP contribution in [0, 0.1) is 5.82 Å². The minimum absolute atomic E-state index is 0.403. The molecule has 0 atom stereocenters. The first kappa shape index (κ1) is 19.5. The van der Waals surface area contributed by atoms with E-state index >= 15 is 0 Å². The fourth-order valence-electron chi connectivity index (χ4n) is 3.38. The number of hydrogen-bond acceptors (Lipinski definition) is 2. The number of benzene rings is 3. The molecule has 4 rings (SSSR count). The van der Waals surface area contributed by atoms with Gasteiger partial charge in [0.15, 0.2) is 0 Å². The molecule has 0 saturated heterocycles. The number of aromatic nitrogens is 1. The monoisotopic (exact) mass is 401 g/mol. The number of carboxylic acids is 1. The highest BCUT2D eigenvalue weighted by Gasteiger charge is 2.10. The molecule has 0 fully saturated rings. The van der Waals surface area contributed by atoms with Crippen molar-refractivity contribution in [2.24, 2.45) is 0 Å². The Hall–Kier alpha value is -3.86. The molecule has 1 aromatic heterocycles. The van der Waals surface area contributed by atoms with E-state index < -0.39 is 11.8 Å². The summed E-state index contributed by atoms with van der Waals surface area (Å²) in [5.74, 6) is -0.714. The largest absolute Gasteiger partial charge is 0.489 e. The van der Waals surface area contributed by atoms with Crippen LogP contribution in [0.2, 0.25) is 0 Å². The summed E-state index contributed by atoms with van der Waals surface area (Å²) in [5.41, 5.74) is 4.47. The second kappa shape index (κ2) is 8.66. The van der Waals surface area contributed by atoms with Crippen molar-refractivity contribution < 1.29 is 19.0 Å². The number of carbonyl (C=O) groups is 1. The van der Waals surface area contributed by atoms with Gasteiger partial charge >= 0.3 is 5.97 Å². The van der Waals surface area contributed by atoms with Gasteiger partial charge in [-0.1, -0.05) is 36.4 Å². The Morgan fingerprint density at radius 2 is 1.87 bits per heavy atom. The standard InChI is InChI=1S/C25H20FNO3/c26-21-8-6-18(19(13-21)7-11-25(28)29)12-20-15-27-24-10-9-22(14-23(20)24)30-16-17-4-2-1-3-5-17/h1-11,13-15,27H,12,16H2,(H,28,29)/b11-7+. The SMILES string of the molecule is O=C(O)/C=C/c1cc(F)ccc1Cc1c[nH]c2ccc(OCc3ccccc3)cc12. The van der Waals surface area contributed by atoms with Gasteiger partial charge in [-0.3, -0.25) is 0 Å². The molecule has 150 valence electrons. The smallest absolute Gasteiger partial charge is 0.328 e. The molecule has 0 saturated carbocycles. The number of rotatable bonds is 7. The van der Waals surface area contributed by atoms with Gasteiger partial charge in [-0.25, -0.2) is 9.18 Å². The topological polar surface area (TPSA) is 62.3 Å². The highest BCUT2D eigenvalue weighted by molar-refractivity contribution is 5.86. The lowest BCUT2D eigenvalue weighted by Gasteiger charge is -2.08. The summed E-state index contributed by atoms with van der Waals surface area (Å²) in [6, 6.07) is 20.2. The van der Waals surface area contributed by atoms with E-state index in [2.05, 4.69) is 4.98 Å². The molecule has 0 spiro atoms. The summed E-state index contributed by atoms with van der Waals surface area (Å²) in [6.07, 6.45) is 4.88. The number of ether oxygens (including phenoxy) is 1. The molecular weight excluding hydrogens is 381 g/mol. The molecule has 4 nitrogen and oxygen atoms in total. The second-order valence-electron chi connectivity index (χ2n) is 6.99. The number of halogens is 1. The summed E-state index contributed by atoms with van der Waals surface area (Å²) in [6.45, 7) is 0.480. The highest BCUT2D eigenvalue weighted by Crippen LogP contribution is 2.27. The van der Waals surface area contributed by atoms with Crippen molar-refractivity contribution in [3.63, 3.8) is 0 Å². The van der Waals surface area contributed by atoms with Gasteiger partial charge in [0.05, 0.1) is 0 Å². The van der Waals surface area contributed by atoms with Crippen molar-refractivity contribution in [2.75, 3.05) is 0 Å². The predicted octanol–water partition coefficient (Wildman–Crippen LogP) is 5.57. The Morgan fingerprint density at radius 1 is 1.03 bits per heavy atom. The first-order valence-electron chi connectivity index (χ1n) is 9.54. The Bertz CT molecular complexity index is 1210. The van der Waals surface area contributed by atoms with Crippen molar-refractivity contribution in [1.82, 2.24) is 4.98 Å². The fraction of sp³-hybridized carbons (Fsp3) is 0.0800. The highest BCUT2D eigenvalue weighted by atomic mass is 19.1. The molecule has 0 unspecified atom stereocenters. The molecule has 0 aliphatic heterocycles. The summed E-state index contributed by atoms with van der Waals surface area (Å²) in [4.78, 5) is 14.1. The van der Waals surface area contributed by atoms with Gasteiger partial charge in [0, 0.05) is 29.6 Å². The molecular formula is C25H20FNO3. The number of fused-ring (bicyclic) bond motifs is 1. The fourth-order valence-corrected chi connectivity index (χ4v) is 3.38. The van der Waals surface area contributed by atoms with Gasteiger partial charge in [-0.15, -0.1) is 0 Å². The lowest BCUT2D eigenvalue weighted by molar-refractivity contribution is -0.131. The van der Waals surface area contributed by atoms with E-state index in [1.54, 1.807) is 6.07 Å². The minimum atomic E-state index is -1.07. The summed E-state index contributed by atoms with van der Waals surface area (Å²) < 4.78 is 19.6. The number of aromatic amines is 1. The van der Waals surface area contributed by atoms with Crippen LogP contribution in [0.3, 0.4) is 0 Å². The molecule has 4 aromatic rings. The number of hydrogen-bond donors (Lipinski definition) is 2. The zero-order valence-corrected chi connectivity index (χ0v) is 16.1. The van der Waals surface area contributed by atoms with Crippen LogP contribution in [0.25, 0.3) is 17.0 Å². The quantitative estimate of drug-likeness (QED) is 0.398. The molecule has 0 amide bonds. The van der Waals surface area contributed by atoms with E-state index in [1.165, 1.54) is 18.2 Å². The summed E-state index contributed by atoms with van der Waals surface area (Å²) in [7, 11) is 0. The van der Waals surface area contributed by atoms with Crippen LogP contribution in [-0.4, -0.2) is 16.1 Å². The van der Waals surface area contributed by atoms with Gasteiger partial charge in [0.2, 0.25) is 0 Å². The van der Waals surface area contributed by atoms with Gasteiger partial charge in [0.1, 0.15) is 18.2 Å². The third-order valence-corrected chi connectivity index (χ3v) is 4.88. The number of nitrogens with one attached hydrogen (secondary N) is 1. The molecule has 1 heterocycles. The maximum absolute atomic E-state index is 13.7. The van der Waals surface area contributed by atoms with E-state index in [-0.39, 0.29) is 0 Å². The van der Waals surface area contributed by atoms with Gasteiger partial charge < -0.3 is 14.8 Å². The second-order valence-corrected chi connectivity index (χ2v) is 6.99. The summed E-state index contributed by atoms with van der Waals surface area (Å²) >= 11 is 0. The molecule has 30 heavy (non-hydrogen) atoms. The maximum atomic E-state index is 13.7. The van der Waals surface area contributed by atoms with Crippen LogP contribution in [0.15, 0.2) is 79.0 Å². The van der Waals surface area contributed by atoms with Crippen molar-refractivity contribution in [3.05, 3.63) is 107 Å². The number of carboxylic acid groups (broad SMARTS) is 1. The Labute approximate surface area is 173 Å². The van der Waals surface area contributed by atoms with E-state index in [4.69, 9.17) is 9.84 Å². The first-order chi connectivity index (χ1) is 14.6. The van der Waals surface area contributed by atoms with Crippen molar-refractivity contribution in [3.8, 4) is 5.75 Å². The third-order valence-electron chi connectivity index (χ3n) is 4.88. The van der Waals surface area contributed by atoms with Crippen molar-refractivity contribution in [2.45, 2.75) is 13.0 Å². The molecule has 0 radical (unpaired) electrons. The van der Waals surface area contributed by atoms with E-state index in [1.807, 2.05) is 54.7 Å². The Kier molecular flexibility index (Phi) is 5.61. The van der Waals surface area contributed by atoms with Crippen molar-refractivity contribution in [1.29, 1.82) is 0 Å². The molecule has 0 aliphatic rings. The molecule has 5 heteroatoms. The van der Waals surface area contributed by atoms with E-state index in [0.717, 1.165) is 39.4 Å². The van der Waals surface area contributed by atoms with Crippen LogP contribution in [0.4, 0.5) is 4.39 Å². The summed E-state index contributed by atoms with van der Waals surface area (Å²) in [5, 5.41) is 9.91. The normalized spacial score (nSPS) is 11.2. The first-order valence-corrected chi connectivity index (χ1v) is 9.54. The predicted molar refractivity (Wildman–Crippen MR) is 115 cm³/mol. The average Bonchev–Trinajstić information content (AvgIpc) is 3.15. The van der Waals surface area contributed by atoms with Crippen LogP contribution < -0.4 is 4.74 Å². The van der Waals surface area contributed by atoms with Crippen molar-refractivity contribution >= 4 is 22.9 Å². The lowest BCUT2D eigenvalue weighted by atomic mass is 9.98. The third kappa shape index (κ3) is 4.58. The molecule has 3 aromatic carbocycles. The van der Waals surface area contributed by atoms with Gasteiger partial charge in [0.25, 0.3) is 0 Å². The average molecular weight is 401 g/mol.